The third-order valence-corrected chi connectivity index (χ3v) is 3.77. The van der Waals surface area contributed by atoms with Crippen molar-refractivity contribution in [3.8, 4) is 11.6 Å². The standard InChI is InChI=1S/C15H11NO3S/c1-9-6-10-4-2-3-5-12(10)16-14(9)19-11-7-13(15(17)18)20-8-11/h2-8H,1H3,(H,17,18). The molecule has 4 nitrogen and oxygen atoms in total. The van der Waals surface area contributed by atoms with Crippen LogP contribution in [0.15, 0.2) is 41.8 Å². The molecular formula is C15H11NO3S. The fraction of sp³-hybridized carbons (Fsp3) is 0.0667. The lowest BCUT2D eigenvalue weighted by Gasteiger charge is -2.07. The number of aromatic nitrogens is 1. The molecule has 2 heterocycles. The Hall–Kier alpha value is -2.40. The van der Waals surface area contributed by atoms with Gasteiger partial charge in [-0.15, -0.1) is 11.3 Å². The third kappa shape index (κ3) is 2.35. The molecule has 0 bridgehead atoms. The molecule has 0 atom stereocenters. The summed E-state index contributed by atoms with van der Waals surface area (Å²) in [7, 11) is 0. The molecule has 0 radical (unpaired) electrons. The number of hydrogen-bond acceptors (Lipinski definition) is 4. The van der Waals surface area contributed by atoms with Crippen molar-refractivity contribution in [3.05, 3.63) is 52.2 Å². The van der Waals surface area contributed by atoms with Gasteiger partial charge in [0.1, 0.15) is 10.6 Å². The molecule has 0 fully saturated rings. The number of carboxylic acids is 1. The summed E-state index contributed by atoms with van der Waals surface area (Å²) in [6.07, 6.45) is 0. The van der Waals surface area contributed by atoms with Gasteiger partial charge < -0.3 is 9.84 Å². The number of hydrogen-bond donors (Lipinski definition) is 1. The Morgan fingerprint density at radius 3 is 2.85 bits per heavy atom. The van der Waals surface area contributed by atoms with E-state index in [9.17, 15) is 4.79 Å². The Balaban J connectivity index is 1.97. The summed E-state index contributed by atoms with van der Waals surface area (Å²) in [5.74, 6) is 0.0461. The number of aryl methyl sites for hydroxylation is 1. The first-order chi connectivity index (χ1) is 9.63. The van der Waals surface area contributed by atoms with Gasteiger partial charge in [-0.1, -0.05) is 18.2 Å². The minimum atomic E-state index is -0.951. The van der Waals surface area contributed by atoms with Crippen LogP contribution in [0.25, 0.3) is 10.9 Å². The number of aromatic carboxylic acids is 1. The Morgan fingerprint density at radius 1 is 1.30 bits per heavy atom. The van der Waals surface area contributed by atoms with Gasteiger partial charge in [-0.25, -0.2) is 9.78 Å². The van der Waals surface area contributed by atoms with Crippen molar-refractivity contribution in [1.29, 1.82) is 0 Å². The molecule has 0 aliphatic carbocycles. The third-order valence-electron chi connectivity index (χ3n) is 2.87. The van der Waals surface area contributed by atoms with E-state index in [0.29, 0.717) is 11.6 Å². The lowest BCUT2D eigenvalue weighted by Crippen LogP contribution is -1.92. The van der Waals surface area contributed by atoms with Crippen molar-refractivity contribution in [2.24, 2.45) is 0 Å². The van der Waals surface area contributed by atoms with Crippen LogP contribution in [0, 0.1) is 6.92 Å². The van der Waals surface area contributed by atoms with Crippen molar-refractivity contribution in [3.63, 3.8) is 0 Å². The zero-order valence-corrected chi connectivity index (χ0v) is 11.5. The summed E-state index contributed by atoms with van der Waals surface area (Å²) in [6, 6.07) is 11.3. The van der Waals surface area contributed by atoms with Crippen LogP contribution in [0.2, 0.25) is 0 Å². The highest BCUT2D eigenvalue weighted by Crippen LogP contribution is 2.29. The highest BCUT2D eigenvalue weighted by molar-refractivity contribution is 7.12. The lowest BCUT2D eigenvalue weighted by molar-refractivity contribution is 0.0702. The van der Waals surface area contributed by atoms with Crippen LogP contribution in [-0.2, 0) is 0 Å². The largest absolute Gasteiger partial charge is 0.477 e. The maximum Gasteiger partial charge on any atom is 0.346 e. The van der Waals surface area contributed by atoms with Crippen LogP contribution >= 0.6 is 11.3 Å². The predicted octanol–water partition coefficient (Wildman–Crippen LogP) is 4.10. The van der Waals surface area contributed by atoms with E-state index in [0.717, 1.165) is 27.8 Å². The molecule has 5 heteroatoms. The molecular weight excluding hydrogens is 274 g/mol. The quantitative estimate of drug-likeness (QED) is 0.787. The number of para-hydroxylation sites is 1. The summed E-state index contributed by atoms with van der Waals surface area (Å²) in [5, 5.41) is 11.6. The minimum absolute atomic E-state index is 0.249. The van der Waals surface area contributed by atoms with Crippen LogP contribution in [-0.4, -0.2) is 16.1 Å². The minimum Gasteiger partial charge on any atom is -0.477 e. The molecule has 0 aliphatic heterocycles. The van der Waals surface area contributed by atoms with E-state index < -0.39 is 5.97 Å². The van der Waals surface area contributed by atoms with E-state index in [1.165, 1.54) is 6.07 Å². The predicted molar refractivity (Wildman–Crippen MR) is 77.8 cm³/mol. The molecule has 20 heavy (non-hydrogen) atoms. The Bertz CT molecular complexity index is 795. The fourth-order valence-corrected chi connectivity index (χ4v) is 2.55. The average Bonchev–Trinajstić information content (AvgIpc) is 2.88. The smallest absolute Gasteiger partial charge is 0.346 e. The lowest BCUT2D eigenvalue weighted by atomic mass is 10.2. The van der Waals surface area contributed by atoms with Crippen molar-refractivity contribution < 1.29 is 14.6 Å². The topological polar surface area (TPSA) is 59.4 Å². The first kappa shape index (κ1) is 12.6. The fourth-order valence-electron chi connectivity index (χ4n) is 1.90. The van der Waals surface area contributed by atoms with Gasteiger partial charge in [0, 0.05) is 22.4 Å². The van der Waals surface area contributed by atoms with Crippen molar-refractivity contribution >= 4 is 28.2 Å². The molecule has 3 aromatic rings. The summed E-state index contributed by atoms with van der Waals surface area (Å²) >= 11 is 1.13. The summed E-state index contributed by atoms with van der Waals surface area (Å²) in [6.45, 7) is 1.92. The molecule has 0 unspecified atom stereocenters. The zero-order valence-electron chi connectivity index (χ0n) is 10.7. The Kier molecular flexibility index (Phi) is 3.12. The molecule has 0 aliphatic rings. The van der Waals surface area contributed by atoms with E-state index in [4.69, 9.17) is 9.84 Å². The average molecular weight is 285 g/mol. The molecule has 0 spiro atoms. The first-order valence-electron chi connectivity index (χ1n) is 5.99. The number of pyridine rings is 1. The van der Waals surface area contributed by atoms with Crippen molar-refractivity contribution in [2.75, 3.05) is 0 Å². The second kappa shape index (κ2) is 4.94. The number of thiophene rings is 1. The number of nitrogens with zero attached hydrogens (tertiary/aromatic N) is 1. The number of carbonyl (C=O) groups is 1. The van der Waals surface area contributed by atoms with Gasteiger partial charge >= 0.3 is 5.97 Å². The first-order valence-corrected chi connectivity index (χ1v) is 6.87. The monoisotopic (exact) mass is 285 g/mol. The summed E-state index contributed by atoms with van der Waals surface area (Å²) in [4.78, 5) is 15.6. The van der Waals surface area contributed by atoms with E-state index in [1.807, 2.05) is 37.3 Å². The Labute approximate surface area is 119 Å². The van der Waals surface area contributed by atoms with E-state index in [1.54, 1.807) is 5.38 Å². The highest BCUT2D eigenvalue weighted by atomic mass is 32.1. The summed E-state index contributed by atoms with van der Waals surface area (Å²) < 4.78 is 5.68. The van der Waals surface area contributed by atoms with Crippen molar-refractivity contribution in [1.82, 2.24) is 4.98 Å². The summed E-state index contributed by atoms with van der Waals surface area (Å²) in [5.41, 5.74) is 1.76. The van der Waals surface area contributed by atoms with E-state index in [2.05, 4.69) is 4.98 Å². The molecule has 0 saturated heterocycles. The molecule has 1 aromatic carbocycles. The van der Waals surface area contributed by atoms with Gasteiger partial charge in [0.05, 0.1) is 5.52 Å². The number of rotatable bonds is 3. The van der Waals surface area contributed by atoms with E-state index >= 15 is 0 Å². The molecule has 0 saturated carbocycles. The second-order valence-electron chi connectivity index (χ2n) is 4.36. The molecule has 100 valence electrons. The van der Waals surface area contributed by atoms with Crippen LogP contribution in [0.4, 0.5) is 0 Å². The maximum absolute atomic E-state index is 10.8. The van der Waals surface area contributed by atoms with Crippen LogP contribution in [0.5, 0.6) is 11.6 Å². The van der Waals surface area contributed by atoms with Gasteiger partial charge in [-0.2, -0.15) is 0 Å². The van der Waals surface area contributed by atoms with Gasteiger partial charge in [-0.3, -0.25) is 0 Å². The van der Waals surface area contributed by atoms with Gasteiger partial charge in [0.2, 0.25) is 5.88 Å². The molecule has 2 aromatic heterocycles. The van der Waals surface area contributed by atoms with E-state index in [-0.39, 0.29) is 4.88 Å². The number of fused-ring (bicyclic) bond motifs is 1. The van der Waals surface area contributed by atoms with Crippen LogP contribution < -0.4 is 4.74 Å². The number of carboxylic acid groups (broad SMARTS) is 1. The normalized spacial score (nSPS) is 10.7. The van der Waals surface area contributed by atoms with Crippen LogP contribution in [0.1, 0.15) is 15.2 Å². The van der Waals surface area contributed by atoms with Gasteiger partial charge in [-0.05, 0) is 19.1 Å². The van der Waals surface area contributed by atoms with Gasteiger partial charge in [0.25, 0.3) is 0 Å². The second-order valence-corrected chi connectivity index (χ2v) is 5.27. The molecule has 0 amide bonds. The SMILES string of the molecule is Cc1cc2ccccc2nc1Oc1csc(C(=O)O)c1. The number of benzene rings is 1. The van der Waals surface area contributed by atoms with Crippen molar-refractivity contribution in [2.45, 2.75) is 6.92 Å². The number of ether oxygens (including phenoxy) is 1. The van der Waals surface area contributed by atoms with Crippen LogP contribution in [0.3, 0.4) is 0 Å². The Morgan fingerprint density at radius 2 is 2.10 bits per heavy atom. The maximum atomic E-state index is 10.8. The van der Waals surface area contributed by atoms with Gasteiger partial charge in [0.15, 0.2) is 0 Å². The zero-order chi connectivity index (χ0) is 14.1. The molecule has 3 rings (SSSR count). The molecule has 1 N–H and O–H groups in total. The highest BCUT2D eigenvalue weighted by Gasteiger charge is 2.10.